The molecule has 4 heteroatoms. The van der Waals surface area contributed by atoms with Crippen LogP contribution in [0.25, 0.3) is 0 Å². The average molecular weight is 316 g/mol. The van der Waals surface area contributed by atoms with E-state index in [0.29, 0.717) is 11.6 Å². The largest absolute Gasteiger partial charge is 0.481 e. The van der Waals surface area contributed by atoms with Crippen LogP contribution in [-0.2, 0) is 11.3 Å². The van der Waals surface area contributed by atoms with Crippen molar-refractivity contribution in [2.45, 2.75) is 12.5 Å². The third kappa shape index (κ3) is 3.32. The van der Waals surface area contributed by atoms with E-state index in [0.717, 1.165) is 18.7 Å². The van der Waals surface area contributed by atoms with Gasteiger partial charge >= 0.3 is 5.97 Å². The minimum atomic E-state index is -0.726. The van der Waals surface area contributed by atoms with Gasteiger partial charge in [-0.15, -0.1) is 0 Å². The van der Waals surface area contributed by atoms with E-state index >= 15 is 0 Å². The van der Waals surface area contributed by atoms with Gasteiger partial charge in [0.05, 0.1) is 5.92 Å². The van der Waals surface area contributed by atoms with Gasteiger partial charge in [-0.25, -0.2) is 0 Å². The van der Waals surface area contributed by atoms with Crippen molar-refractivity contribution < 1.29 is 9.90 Å². The van der Waals surface area contributed by atoms with Gasteiger partial charge in [-0.2, -0.15) is 0 Å². The van der Waals surface area contributed by atoms with Crippen LogP contribution in [0.2, 0.25) is 5.02 Å². The summed E-state index contributed by atoms with van der Waals surface area (Å²) in [6.45, 7) is 2.12. The van der Waals surface area contributed by atoms with Crippen LogP contribution < -0.4 is 0 Å². The molecule has 114 valence electrons. The Labute approximate surface area is 135 Å². The zero-order valence-corrected chi connectivity index (χ0v) is 12.9. The minimum Gasteiger partial charge on any atom is -0.481 e. The first-order chi connectivity index (χ1) is 10.6. The molecule has 3 nitrogen and oxygen atoms in total. The molecule has 0 aliphatic carbocycles. The van der Waals surface area contributed by atoms with Gasteiger partial charge in [0.2, 0.25) is 0 Å². The maximum absolute atomic E-state index is 11.6. The Morgan fingerprint density at radius 1 is 1.09 bits per heavy atom. The van der Waals surface area contributed by atoms with Crippen molar-refractivity contribution in [2.75, 3.05) is 13.1 Å². The summed E-state index contributed by atoms with van der Waals surface area (Å²) in [7, 11) is 0. The summed E-state index contributed by atoms with van der Waals surface area (Å²) in [5, 5.41) is 10.2. The standard InChI is InChI=1S/C18H18ClNO2/c19-15-8-6-14(7-9-15)16-11-20(12-17(16)18(21)22)10-13-4-2-1-3-5-13/h1-9,16-17H,10-12H2,(H,21,22)/t16-,17-/m1/s1. The van der Waals surface area contributed by atoms with Gasteiger partial charge in [-0.05, 0) is 23.3 Å². The number of hydrogen-bond donors (Lipinski definition) is 1. The number of carboxylic acids is 1. The van der Waals surface area contributed by atoms with E-state index < -0.39 is 5.97 Å². The summed E-state index contributed by atoms with van der Waals surface area (Å²) in [5.41, 5.74) is 2.26. The highest BCUT2D eigenvalue weighted by atomic mass is 35.5. The molecule has 1 heterocycles. The number of hydrogen-bond acceptors (Lipinski definition) is 2. The molecule has 0 spiro atoms. The Balaban J connectivity index is 1.77. The lowest BCUT2D eigenvalue weighted by molar-refractivity contribution is -0.141. The number of nitrogens with zero attached hydrogens (tertiary/aromatic N) is 1. The number of benzene rings is 2. The van der Waals surface area contributed by atoms with Gasteiger partial charge in [0.15, 0.2) is 0 Å². The number of carbonyl (C=O) groups is 1. The molecule has 2 aromatic carbocycles. The second-order valence-corrected chi connectivity index (χ2v) is 6.22. The molecular formula is C18H18ClNO2. The van der Waals surface area contributed by atoms with E-state index in [4.69, 9.17) is 11.6 Å². The Hall–Kier alpha value is -1.84. The molecule has 2 atom stereocenters. The van der Waals surface area contributed by atoms with Crippen LogP contribution in [0.5, 0.6) is 0 Å². The number of halogens is 1. The molecule has 0 radical (unpaired) electrons. The first kappa shape index (κ1) is 15.1. The molecule has 1 saturated heterocycles. The van der Waals surface area contributed by atoms with Crippen molar-refractivity contribution in [3.05, 3.63) is 70.7 Å². The fraction of sp³-hybridized carbons (Fsp3) is 0.278. The van der Waals surface area contributed by atoms with Gasteiger partial charge in [0, 0.05) is 30.6 Å². The highest BCUT2D eigenvalue weighted by Gasteiger charge is 2.38. The quantitative estimate of drug-likeness (QED) is 0.936. The van der Waals surface area contributed by atoms with E-state index in [1.165, 1.54) is 5.56 Å². The lowest BCUT2D eigenvalue weighted by atomic mass is 9.89. The molecule has 3 rings (SSSR count). The van der Waals surface area contributed by atoms with Gasteiger partial charge in [0.25, 0.3) is 0 Å². The molecular weight excluding hydrogens is 298 g/mol. The van der Waals surface area contributed by atoms with Crippen LogP contribution in [0, 0.1) is 5.92 Å². The van der Waals surface area contributed by atoms with Gasteiger partial charge in [-0.1, -0.05) is 54.1 Å². The topological polar surface area (TPSA) is 40.5 Å². The van der Waals surface area contributed by atoms with Crippen LogP contribution >= 0.6 is 11.6 Å². The lowest BCUT2D eigenvalue weighted by Crippen LogP contribution is -2.23. The monoisotopic (exact) mass is 315 g/mol. The molecule has 0 bridgehead atoms. The zero-order valence-electron chi connectivity index (χ0n) is 12.2. The third-order valence-corrected chi connectivity index (χ3v) is 4.51. The van der Waals surface area contributed by atoms with E-state index in [1.807, 2.05) is 42.5 Å². The molecule has 1 fully saturated rings. The summed E-state index contributed by atoms with van der Waals surface area (Å²) in [6, 6.07) is 17.7. The maximum Gasteiger partial charge on any atom is 0.308 e. The highest BCUT2D eigenvalue weighted by molar-refractivity contribution is 6.30. The predicted octanol–water partition coefficient (Wildman–Crippen LogP) is 3.64. The van der Waals surface area contributed by atoms with Crippen molar-refractivity contribution in [3.8, 4) is 0 Å². The molecule has 2 aromatic rings. The van der Waals surface area contributed by atoms with Gasteiger partial charge in [-0.3, -0.25) is 9.69 Å². The van der Waals surface area contributed by atoms with Crippen LogP contribution in [0.3, 0.4) is 0 Å². The van der Waals surface area contributed by atoms with Crippen molar-refractivity contribution in [2.24, 2.45) is 5.92 Å². The third-order valence-electron chi connectivity index (χ3n) is 4.26. The van der Waals surface area contributed by atoms with Crippen molar-refractivity contribution in [1.29, 1.82) is 0 Å². The molecule has 1 aliphatic heterocycles. The fourth-order valence-electron chi connectivity index (χ4n) is 3.15. The Bertz CT molecular complexity index is 642. The van der Waals surface area contributed by atoms with Crippen LogP contribution in [0.1, 0.15) is 17.0 Å². The normalized spacial score (nSPS) is 21.9. The van der Waals surface area contributed by atoms with Crippen LogP contribution in [0.15, 0.2) is 54.6 Å². The molecule has 1 aliphatic rings. The molecule has 0 saturated carbocycles. The summed E-state index contributed by atoms with van der Waals surface area (Å²) < 4.78 is 0. The lowest BCUT2D eigenvalue weighted by Gasteiger charge is -2.16. The number of rotatable bonds is 4. The molecule has 0 unspecified atom stereocenters. The summed E-state index contributed by atoms with van der Waals surface area (Å²) in [5.74, 6) is -1.08. The number of likely N-dealkylation sites (tertiary alicyclic amines) is 1. The van der Waals surface area contributed by atoms with Crippen LogP contribution in [0.4, 0.5) is 0 Å². The van der Waals surface area contributed by atoms with E-state index in [2.05, 4.69) is 17.0 Å². The van der Waals surface area contributed by atoms with Crippen molar-refractivity contribution in [1.82, 2.24) is 4.90 Å². The minimum absolute atomic E-state index is 0.0125. The fourth-order valence-corrected chi connectivity index (χ4v) is 3.28. The molecule has 1 N–H and O–H groups in total. The molecule has 22 heavy (non-hydrogen) atoms. The van der Waals surface area contributed by atoms with E-state index in [9.17, 15) is 9.90 Å². The Kier molecular flexibility index (Phi) is 4.46. The highest BCUT2D eigenvalue weighted by Crippen LogP contribution is 2.34. The summed E-state index contributed by atoms with van der Waals surface area (Å²) in [4.78, 5) is 13.8. The van der Waals surface area contributed by atoms with Crippen LogP contribution in [-0.4, -0.2) is 29.1 Å². The second kappa shape index (κ2) is 6.51. The maximum atomic E-state index is 11.6. The first-order valence-electron chi connectivity index (χ1n) is 7.38. The second-order valence-electron chi connectivity index (χ2n) is 5.78. The summed E-state index contributed by atoms with van der Waals surface area (Å²) in [6.07, 6.45) is 0. The van der Waals surface area contributed by atoms with Gasteiger partial charge in [0.1, 0.15) is 0 Å². The van der Waals surface area contributed by atoms with Gasteiger partial charge < -0.3 is 5.11 Å². The average Bonchev–Trinajstić information content (AvgIpc) is 2.93. The Morgan fingerprint density at radius 2 is 1.77 bits per heavy atom. The number of aliphatic carboxylic acids is 1. The smallest absolute Gasteiger partial charge is 0.308 e. The Morgan fingerprint density at radius 3 is 2.41 bits per heavy atom. The molecule has 0 aromatic heterocycles. The van der Waals surface area contributed by atoms with E-state index in [1.54, 1.807) is 0 Å². The van der Waals surface area contributed by atoms with Crippen molar-refractivity contribution >= 4 is 17.6 Å². The predicted molar refractivity (Wildman–Crippen MR) is 87.0 cm³/mol. The first-order valence-corrected chi connectivity index (χ1v) is 7.76. The van der Waals surface area contributed by atoms with Crippen molar-refractivity contribution in [3.63, 3.8) is 0 Å². The SMILES string of the molecule is O=C(O)[C@@H]1CN(Cc2ccccc2)C[C@@H]1c1ccc(Cl)cc1. The van der Waals surface area contributed by atoms with E-state index in [-0.39, 0.29) is 11.8 Å². The number of carboxylic acid groups (broad SMARTS) is 1. The summed E-state index contributed by atoms with van der Waals surface area (Å²) >= 11 is 5.93. The molecule has 0 amide bonds. The zero-order chi connectivity index (χ0) is 15.5.